The Morgan fingerprint density at radius 1 is 1.00 bits per heavy atom. The molecule has 0 atom stereocenters. The second-order valence-corrected chi connectivity index (χ2v) is 13.2. The zero-order valence-corrected chi connectivity index (χ0v) is 23.4. The summed E-state index contributed by atoms with van der Waals surface area (Å²) in [5.41, 5.74) is 4.93. The smallest absolute Gasteiger partial charge is 0.252 e. The van der Waals surface area contributed by atoms with Crippen molar-refractivity contribution in [3.8, 4) is 0 Å². The van der Waals surface area contributed by atoms with Gasteiger partial charge in [-0.2, -0.15) is 0 Å². The maximum Gasteiger partial charge on any atom is 0.252 e. The van der Waals surface area contributed by atoms with Crippen molar-refractivity contribution in [2.24, 2.45) is 5.92 Å². The molecule has 1 saturated carbocycles. The molecule has 6 nitrogen and oxygen atoms in total. The van der Waals surface area contributed by atoms with Gasteiger partial charge in [-0.05, 0) is 106 Å². The summed E-state index contributed by atoms with van der Waals surface area (Å²) in [6.07, 6.45) is 10.0. The standard InChI is InChI=1S/C31H39N3O3S/c1-22-20-29(28-7-3-4-8-30(28)32-22)31(35)33-26-12-9-23(10-13-26)6-5-17-34-18-15-24-11-14-27(38(2,36)37)21-25(24)16-19-34/h3-4,7-8,11,14,20-21,23,26H,5-6,9-10,12-13,15-19H2,1-2H3,(H,33,35). The lowest BCUT2D eigenvalue weighted by Gasteiger charge is -2.30. The Morgan fingerprint density at radius 2 is 1.74 bits per heavy atom. The second kappa shape index (κ2) is 11.5. The van der Waals surface area contributed by atoms with Gasteiger partial charge in [-0.1, -0.05) is 24.3 Å². The van der Waals surface area contributed by atoms with Crippen molar-refractivity contribution in [3.63, 3.8) is 0 Å². The lowest BCUT2D eigenvalue weighted by molar-refractivity contribution is 0.0922. The molecule has 2 aromatic carbocycles. The normalized spacial score (nSPS) is 20.6. The fraction of sp³-hybridized carbons (Fsp3) is 0.484. The summed E-state index contributed by atoms with van der Waals surface area (Å²) in [4.78, 5) is 20.6. The molecule has 0 radical (unpaired) electrons. The van der Waals surface area contributed by atoms with Crippen LogP contribution in [-0.2, 0) is 22.7 Å². The largest absolute Gasteiger partial charge is 0.349 e. The number of carbonyl (C=O) groups is 1. The SMILES string of the molecule is Cc1cc(C(=O)NC2CCC(CCCN3CCc4ccc(S(C)(=O)=O)cc4CC3)CC2)c2ccccc2n1. The van der Waals surface area contributed by atoms with Crippen molar-refractivity contribution in [2.75, 3.05) is 25.9 Å². The number of nitrogens with zero attached hydrogens (tertiary/aromatic N) is 2. The van der Waals surface area contributed by atoms with Crippen LogP contribution in [0.15, 0.2) is 53.4 Å². The van der Waals surface area contributed by atoms with Gasteiger partial charge in [0.1, 0.15) is 0 Å². The minimum absolute atomic E-state index is 0.0148. The monoisotopic (exact) mass is 533 g/mol. The van der Waals surface area contributed by atoms with E-state index in [4.69, 9.17) is 0 Å². The second-order valence-electron chi connectivity index (χ2n) is 11.2. The van der Waals surface area contributed by atoms with E-state index < -0.39 is 9.84 Å². The molecule has 1 fully saturated rings. The van der Waals surface area contributed by atoms with Crippen molar-refractivity contribution >= 4 is 26.6 Å². The summed E-state index contributed by atoms with van der Waals surface area (Å²) in [5, 5.41) is 4.21. The molecular formula is C31H39N3O3S. The van der Waals surface area contributed by atoms with Crippen LogP contribution in [0.2, 0.25) is 0 Å². The summed E-state index contributed by atoms with van der Waals surface area (Å²) < 4.78 is 23.8. The van der Waals surface area contributed by atoms with Gasteiger partial charge in [0, 0.05) is 36.5 Å². The Balaban J connectivity index is 1.06. The van der Waals surface area contributed by atoms with Gasteiger partial charge in [-0.15, -0.1) is 0 Å². The number of hydrogen-bond donors (Lipinski definition) is 1. The number of sulfone groups is 1. The van der Waals surface area contributed by atoms with E-state index >= 15 is 0 Å². The zero-order valence-electron chi connectivity index (χ0n) is 22.6. The number of hydrogen-bond acceptors (Lipinski definition) is 5. The molecule has 202 valence electrons. The quantitative estimate of drug-likeness (QED) is 0.456. The Kier molecular flexibility index (Phi) is 8.15. The molecule has 2 heterocycles. The molecule has 38 heavy (non-hydrogen) atoms. The van der Waals surface area contributed by atoms with Crippen LogP contribution in [0.3, 0.4) is 0 Å². The van der Waals surface area contributed by atoms with Crippen LogP contribution in [0.4, 0.5) is 0 Å². The number of benzene rings is 2. The Bertz CT molecular complexity index is 1410. The highest BCUT2D eigenvalue weighted by molar-refractivity contribution is 7.90. The van der Waals surface area contributed by atoms with Crippen molar-refractivity contribution in [3.05, 3.63) is 70.9 Å². The highest BCUT2D eigenvalue weighted by Gasteiger charge is 2.24. The number of pyridine rings is 1. The number of fused-ring (bicyclic) bond motifs is 2. The van der Waals surface area contributed by atoms with E-state index in [1.54, 1.807) is 6.07 Å². The fourth-order valence-corrected chi connectivity index (χ4v) is 6.83. The molecule has 7 heteroatoms. The summed E-state index contributed by atoms with van der Waals surface area (Å²) in [6, 6.07) is 15.6. The first-order chi connectivity index (χ1) is 18.3. The third-order valence-corrected chi connectivity index (χ3v) is 9.47. The van der Waals surface area contributed by atoms with Gasteiger partial charge in [0.2, 0.25) is 0 Å². The van der Waals surface area contributed by atoms with Gasteiger partial charge in [0.25, 0.3) is 5.91 Å². The van der Waals surface area contributed by atoms with E-state index in [9.17, 15) is 13.2 Å². The molecule has 1 N–H and O–H groups in total. The van der Waals surface area contributed by atoms with Gasteiger partial charge >= 0.3 is 0 Å². The number of para-hydroxylation sites is 1. The third kappa shape index (κ3) is 6.44. The van der Waals surface area contributed by atoms with Crippen molar-refractivity contribution in [1.29, 1.82) is 0 Å². The average Bonchev–Trinajstić information content (AvgIpc) is 3.10. The van der Waals surface area contributed by atoms with E-state index in [0.29, 0.717) is 4.90 Å². The first-order valence-corrected chi connectivity index (χ1v) is 15.9. The number of rotatable bonds is 7. The van der Waals surface area contributed by atoms with Crippen LogP contribution in [0.5, 0.6) is 0 Å². The van der Waals surface area contributed by atoms with E-state index in [-0.39, 0.29) is 11.9 Å². The van der Waals surface area contributed by atoms with E-state index in [2.05, 4.69) is 15.2 Å². The number of carbonyl (C=O) groups excluding carboxylic acids is 1. The molecule has 5 rings (SSSR count). The van der Waals surface area contributed by atoms with Gasteiger partial charge in [0.15, 0.2) is 9.84 Å². The van der Waals surface area contributed by atoms with Gasteiger partial charge < -0.3 is 10.2 Å². The van der Waals surface area contributed by atoms with E-state index in [1.165, 1.54) is 43.1 Å². The summed E-state index contributed by atoms with van der Waals surface area (Å²) in [5.74, 6) is 0.745. The minimum atomic E-state index is -3.16. The average molecular weight is 534 g/mol. The van der Waals surface area contributed by atoms with Crippen molar-refractivity contribution in [1.82, 2.24) is 15.2 Å². The summed E-state index contributed by atoms with van der Waals surface area (Å²) in [7, 11) is -3.16. The molecule has 0 spiro atoms. The van der Waals surface area contributed by atoms with Crippen molar-refractivity contribution in [2.45, 2.75) is 69.2 Å². The van der Waals surface area contributed by atoms with Crippen LogP contribution in [0.1, 0.15) is 65.7 Å². The Hall–Kier alpha value is -2.77. The van der Waals surface area contributed by atoms with Crippen LogP contribution in [0.25, 0.3) is 10.9 Å². The van der Waals surface area contributed by atoms with Gasteiger partial charge in [0.05, 0.1) is 16.0 Å². The lowest BCUT2D eigenvalue weighted by atomic mass is 9.83. The minimum Gasteiger partial charge on any atom is -0.349 e. The molecular weight excluding hydrogens is 494 g/mol. The fourth-order valence-electron chi connectivity index (χ4n) is 6.16. The van der Waals surface area contributed by atoms with Crippen LogP contribution >= 0.6 is 0 Å². The lowest BCUT2D eigenvalue weighted by Crippen LogP contribution is -2.38. The first-order valence-electron chi connectivity index (χ1n) is 14.0. The van der Waals surface area contributed by atoms with Crippen molar-refractivity contribution < 1.29 is 13.2 Å². The van der Waals surface area contributed by atoms with Gasteiger partial charge in [-0.3, -0.25) is 9.78 Å². The molecule has 1 aliphatic heterocycles. The zero-order chi connectivity index (χ0) is 26.7. The van der Waals surface area contributed by atoms with E-state index in [0.717, 1.165) is 73.4 Å². The maximum absolute atomic E-state index is 13.1. The summed E-state index contributed by atoms with van der Waals surface area (Å²) >= 11 is 0. The number of nitrogens with one attached hydrogen (secondary N) is 1. The summed E-state index contributed by atoms with van der Waals surface area (Å²) in [6.45, 7) is 5.06. The highest BCUT2D eigenvalue weighted by atomic mass is 32.2. The predicted octanol–water partition coefficient (Wildman–Crippen LogP) is 5.12. The number of amides is 1. The predicted molar refractivity (Wildman–Crippen MR) is 152 cm³/mol. The van der Waals surface area contributed by atoms with E-state index in [1.807, 2.05) is 49.4 Å². The highest BCUT2D eigenvalue weighted by Crippen LogP contribution is 2.29. The Morgan fingerprint density at radius 3 is 2.50 bits per heavy atom. The molecule has 3 aromatic rings. The molecule has 1 aromatic heterocycles. The van der Waals surface area contributed by atoms with Gasteiger partial charge in [-0.25, -0.2) is 8.42 Å². The number of aromatic nitrogens is 1. The molecule has 2 aliphatic rings. The number of aryl methyl sites for hydroxylation is 1. The first kappa shape index (κ1) is 26.8. The topological polar surface area (TPSA) is 79.4 Å². The molecule has 0 saturated heterocycles. The van der Waals surface area contributed by atoms with Crippen LogP contribution in [-0.4, -0.2) is 56.1 Å². The maximum atomic E-state index is 13.1. The molecule has 1 aliphatic carbocycles. The molecule has 0 bridgehead atoms. The molecule has 0 unspecified atom stereocenters. The molecule has 1 amide bonds. The third-order valence-electron chi connectivity index (χ3n) is 8.36. The Labute approximate surface area is 226 Å². The van der Waals surface area contributed by atoms with Crippen LogP contribution < -0.4 is 5.32 Å². The van der Waals surface area contributed by atoms with Crippen LogP contribution in [0, 0.1) is 12.8 Å².